The smallest absolute Gasteiger partial charge is 0.275 e. The average Bonchev–Trinajstić information content (AvgIpc) is 3.29. The molecule has 0 radical (unpaired) electrons. The number of fused-ring (bicyclic) bond motifs is 2. The number of aryl methyl sites for hydroxylation is 2. The second kappa shape index (κ2) is 6.94. The van der Waals surface area contributed by atoms with Crippen molar-refractivity contribution in [3.8, 4) is 5.69 Å². The molecule has 0 aliphatic carbocycles. The predicted molar refractivity (Wildman–Crippen MR) is 115 cm³/mol. The topological polar surface area (TPSA) is 65.1 Å². The van der Waals surface area contributed by atoms with Crippen LogP contribution in [0.5, 0.6) is 0 Å². The Balaban J connectivity index is 1.52. The van der Waals surface area contributed by atoms with Crippen LogP contribution in [0.15, 0.2) is 53.8 Å². The summed E-state index contributed by atoms with van der Waals surface area (Å²) in [5, 5.41) is 0.915. The van der Waals surface area contributed by atoms with Crippen molar-refractivity contribution in [2.75, 3.05) is 0 Å². The summed E-state index contributed by atoms with van der Waals surface area (Å²) < 4.78 is 18.7. The van der Waals surface area contributed by atoms with Crippen LogP contribution >= 0.6 is 0 Å². The molecule has 0 unspecified atom stereocenters. The van der Waals surface area contributed by atoms with Crippen molar-refractivity contribution in [3.05, 3.63) is 82.2 Å². The van der Waals surface area contributed by atoms with Crippen LogP contribution in [0.4, 0.5) is 4.39 Å². The predicted octanol–water partition coefficient (Wildman–Crippen LogP) is 3.02. The molecule has 0 fully saturated rings. The number of halogens is 1. The molecule has 1 aliphatic heterocycles. The second-order valence-electron chi connectivity index (χ2n) is 8.15. The Bertz CT molecular complexity index is 1400. The Hall–Kier alpha value is -3.68. The Morgan fingerprint density at radius 2 is 1.97 bits per heavy atom. The molecular formula is C23H22FN5O2. The zero-order valence-corrected chi connectivity index (χ0v) is 17.5. The van der Waals surface area contributed by atoms with Gasteiger partial charge in [0.15, 0.2) is 0 Å². The molecule has 1 aliphatic rings. The summed E-state index contributed by atoms with van der Waals surface area (Å²) in [7, 11) is 1.86. The fourth-order valence-electron chi connectivity index (χ4n) is 4.37. The maximum atomic E-state index is 13.7. The van der Waals surface area contributed by atoms with Crippen molar-refractivity contribution >= 4 is 16.8 Å². The number of rotatable bonds is 3. The van der Waals surface area contributed by atoms with Gasteiger partial charge < -0.3 is 18.6 Å². The van der Waals surface area contributed by atoms with Gasteiger partial charge in [0.05, 0.1) is 17.5 Å². The first-order chi connectivity index (χ1) is 14.8. The van der Waals surface area contributed by atoms with E-state index in [0.717, 1.165) is 22.2 Å². The lowest BCUT2D eigenvalue weighted by Crippen LogP contribution is -2.49. The number of carbonyl (C=O) groups excluding carboxylic acids is 1. The van der Waals surface area contributed by atoms with Crippen molar-refractivity contribution in [1.29, 1.82) is 0 Å². The fourth-order valence-corrected chi connectivity index (χ4v) is 4.37. The fraction of sp³-hybridized carbons (Fsp3) is 0.261. The van der Waals surface area contributed by atoms with Gasteiger partial charge in [-0.25, -0.2) is 9.37 Å². The summed E-state index contributed by atoms with van der Waals surface area (Å²) in [6.45, 7) is 4.59. The van der Waals surface area contributed by atoms with E-state index in [0.29, 0.717) is 24.5 Å². The molecule has 8 heteroatoms. The molecule has 4 heterocycles. The number of hydrogen-bond acceptors (Lipinski definition) is 3. The van der Waals surface area contributed by atoms with Crippen molar-refractivity contribution in [3.63, 3.8) is 0 Å². The van der Waals surface area contributed by atoms with Crippen LogP contribution in [0.25, 0.3) is 16.6 Å². The zero-order chi connectivity index (χ0) is 21.9. The van der Waals surface area contributed by atoms with Gasteiger partial charge in [-0.15, -0.1) is 0 Å². The van der Waals surface area contributed by atoms with Crippen LogP contribution < -0.4 is 5.56 Å². The van der Waals surface area contributed by atoms with E-state index < -0.39 is 0 Å². The van der Waals surface area contributed by atoms with E-state index in [1.165, 1.54) is 12.1 Å². The first-order valence-electron chi connectivity index (χ1n) is 10.1. The van der Waals surface area contributed by atoms with E-state index in [1.807, 2.05) is 31.7 Å². The molecule has 1 atom stereocenters. The summed E-state index contributed by atoms with van der Waals surface area (Å²) in [5.41, 5.74) is 3.16. The number of benzene rings is 1. The molecule has 7 nitrogen and oxygen atoms in total. The molecule has 0 N–H and O–H groups in total. The largest absolute Gasteiger partial charge is 0.350 e. The molecule has 1 amide bonds. The summed E-state index contributed by atoms with van der Waals surface area (Å²) in [6, 6.07) is 7.87. The Kier molecular flexibility index (Phi) is 4.32. The molecule has 0 saturated carbocycles. The average molecular weight is 419 g/mol. The minimum Gasteiger partial charge on any atom is -0.350 e. The standard InChI is InChI=1S/C23H22FN5O2/c1-14-9-27(13-25-14)19-6-7-20-23(31)28(15(2)10-29(20)22(19)30)12-16-11-26(3)21-8-17(24)4-5-18(16)21/h4-9,11,13,15H,10,12H2,1-3H3/t15-/m1/s1. The third kappa shape index (κ3) is 3.06. The van der Waals surface area contributed by atoms with Crippen molar-refractivity contribution in [2.45, 2.75) is 33.0 Å². The highest BCUT2D eigenvalue weighted by molar-refractivity contribution is 5.94. The number of aromatic nitrogens is 4. The maximum absolute atomic E-state index is 13.7. The highest BCUT2D eigenvalue weighted by Crippen LogP contribution is 2.26. The van der Waals surface area contributed by atoms with Crippen LogP contribution in [0.1, 0.15) is 28.7 Å². The monoisotopic (exact) mass is 419 g/mol. The minimum atomic E-state index is -0.292. The van der Waals surface area contributed by atoms with E-state index in [9.17, 15) is 14.0 Å². The number of nitrogens with zero attached hydrogens (tertiary/aromatic N) is 5. The van der Waals surface area contributed by atoms with E-state index in [2.05, 4.69) is 4.98 Å². The third-order valence-corrected chi connectivity index (χ3v) is 5.98. The number of hydrogen-bond donors (Lipinski definition) is 0. The summed E-state index contributed by atoms with van der Waals surface area (Å²) >= 11 is 0. The van der Waals surface area contributed by atoms with Crippen LogP contribution in [-0.4, -0.2) is 35.5 Å². The van der Waals surface area contributed by atoms with Gasteiger partial charge in [-0.05, 0) is 49.7 Å². The molecule has 4 aromatic rings. The second-order valence-corrected chi connectivity index (χ2v) is 8.15. The maximum Gasteiger partial charge on any atom is 0.275 e. The molecule has 1 aromatic carbocycles. The van der Waals surface area contributed by atoms with Gasteiger partial charge in [0.2, 0.25) is 0 Å². The van der Waals surface area contributed by atoms with Crippen LogP contribution in [-0.2, 0) is 20.1 Å². The number of carbonyl (C=O) groups is 1. The number of imidazole rings is 1. The number of amides is 1. The quantitative estimate of drug-likeness (QED) is 0.513. The molecule has 158 valence electrons. The molecule has 3 aromatic heterocycles. The molecule has 0 spiro atoms. The normalized spacial score (nSPS) is 16.2. The van der Waals surface area contributed by atoms with Crippen LogP contribution in [0, 0.1) is 12.7 Å². The van der Waals surface area contributed by atoms with Gasteiger partial charge in [0.1, 0.15) is 17.2 Å². The van der Waals surface area contributed by atoms with Gasteiger partial charge in [-0.1, -0.05) is 0 Å². The molecule has 5 rings (SSSR count). The van der Waals surface area contributed by atoms with Crippen LogP contribution in [0.2, 0.25) is 0 Å². The summed E-state index contributed by atoms with van der Waals surface area (Å²) in [6.07, 6.45) is 5.31. The molecule has 0 bridgehead atoms. The summed E-state index contributed by atoms with van der Waals surface area (Å²) in [4.78, 5) is 32.4. The van der Waals surface area contributed by atoms with E-state index in [1.54, 1.807) is 44.8 Å². The lowest BCUT2D eigenvalue weighted by Gasteiger charge is -2.35. The van der Waals surface area contributed by atoms with Gasteiger partial charge >= 0.3 is 0 Å². The summed E-state index contributed by atoms with van der Waals surface area (Å²) in [5.74, 6) is -0.483. The van der Waals surface area contributed by atoms with Gasteiger partial charge in [-0.3, -0.25) is 9.59 Å². The van der Waals surface area contributed by atoms with Crippen molar-refractivity contribution < 1.29 is 9.18 Å². The highest BCUT2D eigenvalue weighted by atomic mass is 19.1. The first-order valence-corrected chi connectivity index (χ1v) is 10.1. The Labute approximate surface area is 178 Å². The van der Waals surface area contributed by atoms with Crippen LogP contribution in [0.3, 0.4) is 0 Å². The van der Waals surface area contributed by atoms with E-state index in [-0.39, 0.29) is 23.3 Å². The van der Waals surface area contributed by atoms with Gasteiger partial charge in [0, 0.05) is 44.0 Å². The minimum absolute atomic E-state index is 0.173. The third-order valence-electron chi connectivity index (χ3n) is 5.98. The lowest BCUT2D eigenvalue weighted by atomic mass is 10.1. The SMILES string of the molecule is Cc1cn(-c2ccc3n(c2=O)C[C@@H](C)N(Cc2cn(C)c4cc(F)ccc24)C3=O)cn1. The van der Waals surface area contributed by atoms with Gasteiger partial charge in [-0.2, -0.15) is 0 Å². The van der Waals surface area contributed by atoms with Crippen molar-refractivity contribution in [2.24, 2.45) is 7.05 Å². The molecule has 0 saturated heterocycles. The zero-order valence-electron chi connectivity index (χ0n) is 17.5. The van der Waals surface area contributed by atoms with Gasteiger partial charge in [0.25, 0.3) is 11.5 Å². The van der Waals surface area contributed by atoms with E-state index in [4.69, 9.17) is 0 Å². The van der Waals surface area contributed by atoms with E-state index >= 15 is 0 Å². The number of pyridine rings is 1. The Morgan fingerprint density at radius 3 is 2.71 bits per heavy atom. The Morgan fingerprint density at radius 1 is 1.16 bits per heavy atom. The molecular weight excluding hydrogens is 397 g/mol. The lowest BCUT2D eigenvalue weighted by molar-refractivity contribution is 0.0591. The van der Waals surface area contributed by atoms with Crippen molar-refractivity contribution in [1.82, 2.24) is 23.6 Å². The first kappa shape index (κ1) is 19.3. The molecule has 31 heavy (non-hydrogen) atoms. The highest BCUT2D eigenvalue weighted by Gasteiger charge is 2.31.